The van der Waals surface area contributed by atoms with Gasteiger partial charge in [0.2, 0.25) is 5.91 Å². The summed E-state index contributed by atoms with van der Waals surface area (Å²) in [5, 5.41) is 5.92. The highest BCUT2D eigenvalue weighted by Gasteiger charge is 2.02. The Bertz CT molecular complexity index is 208. The van der Waals surface area contributed by atoms with Crippen molar-refractivity contribution in [3.05, 3.63) is 0 Å². The van der Waals surface area contributed by atoms with Crippen molar-refractivity contribution >= 4 is 16.7 Å². The van der Waals surface area contributed by atoms with E-state index in [0.717, 1.165) is 0 Å². The molecule has 0 bridgehead atoms. The molecule has 0 heterocycles. The lowest BCUT2D eigenvalue weighted by Crippen LogP contribution is -2.32. The van der Waals surface area contributed by atoms with Crippen LogP contribution in [0.4, 0.5) is 0 Å². The van der Waals surface area contributed by atoms with Gasteiger partial charge in [-0.25, -0.2) is 0 Å². The van der Waals surface area contributed by atoms with Crippen molar-refractivity contribution in [2.45, 2.75) is 33.2 Å². The van der Waals surface area contributed by atoms with E-state index in [0.29, 0.717) is 37.1 Å². The number of amides is 1. The average Bonchev–Trinajstić information content (AvgIpc) is 2.17. The van der Waals surface area contributed by atoms with E-state index in [2.05, 4.69) is 10.6 Å². The molecule has 0 rings (SSSR count). The molecule has 0 aliphatic rings. The van der Waals surface area contributed by atoms with Crippen LogP contribution in [0.15, 0.2) is 0 Å². The fraction of sp³-hybridized carbons (Fsp3) is 0.900. The zero-order chi connectivity index (χ0) is 11.7. The van der Waals surface area contributed by atoms with Crippen molar-refractivity contribution in [1.29, 1.82) is 0 Å². The zero-order valence-corrected chi connectivity index (χ0v) is 10.7. The topological polar surface area (TPSA) is 58.2 Å². The van der Waals surface area contributed by atoms with Crippen LogP contribution in [-0.2, 0) is 15.6 Å². The monoisotopic (exact) mass is 234 g/mol. The molecule has 1 amide bonds. The van der Waals surface area contributed by atoms with E-state index in [1.165, 1.54) is 0 Å². The number of rotatable bonds is 8. The van der Waals surface area contributed by atoms with E-state index >= 15 is 0 Å². The molecule has 1 unspecified atom stereocenters. The molecule has 1 atom stereocenters. The van der Waals surface area contributed by atoms with Crippen LogP contribution in [0.1, 0.15) is 27.2 Å². The van der Waals surface area contributed by atoms with Crippen LogP contribution in [0, 0.1) is 0 Å². The SMILES string of the molecule is CCS(=O)CCNC(=O)CCNC(C)C. The summed E-state index contributed by atoms with van der Waals surface area (Å²) < 4.78 is 11.0. The normalized spacial score (nSPS) is 12.8. The summed E-state index contributed by atoms with van der Waals surface area (Å²) in [6.45, 7) is 7.18. The summed E-state index contributed by atoms with van der Waals surface area (Å²) in [4.78, 5) is 11.2. The Morgan fingerprint density at radius 2 is 2.00 bits per heavy atom. The Morgan fingerprint density at radius 3 is 2.53 bits per heavy atom. The van der Waals surface area contributed by atoms with Gasteiger partial charge in [0.05, 0.1) is 0 Å². The molecule has 0 aromatic heterocycles. The minimum absolute atomic E-state index is 0.0243. The van der Waals surface area contributed by atoms with Crippen LogP contribution in [0.3, 0.4) is 0 Å². The minimum atomic E-state index is -0.787. The van der Waals surface area contributed by atoms with Crippen LogP contribution < -0.4 is 10.6 Å². The van der Waals surface area contributed by atoms with E-state index in [9.17, 15) is 9.00 Å². The summed E-state index contributed by atoms with van der Waals surface area (Å²) in [7, 11) is -0.787. The van der Waals surface area contributed by atoms with Gasteiger partial charge in [-0.15, -0.1) is 0 Å². The molecule has 0 aliphatic heterocycles. The third kappa shape index (κ3) is 9.87. The van der Waals surface area contributed by atoms with Gasteiger partial charge < -0.3 is 10.6 Å². The maximum absolute atomic E-state index is 11.2. The lowest BCUT2D eigenvalue weighted by Gasteiger charge is -2.08. The molecule has 2 N–H and O–H groups in total. The number of hydrogen-bond donors (Lipinski definition) is 2. The van der Waals surface area contributed by atoms with E-state index in [1.54, 1.807) is 0 Å². The van der Waals surface area contributed by atoms with Crippen LogP contribution in [-0.4, -0.2) is 40.8 Å². The first-order chi connectivity index (χ1) is 7.06. The molecule has 0 spiro atoms. The number of hydrogen-bond acceptors (Lipinski definition) is 3. The molecular weight excluding hydrogens is 212 g/mol. The largest absolute Gasteiger partial charge is 0.355 e. The van der Waals surface area contributed by atoms with Crippen LogP contribution >= 0.6 is 0 Å². The molecule has 0 radical (unpaired) electrons. The lowest BCUT2D eigenvalue weighted by molar-refractivity contribution is -0.120. The second-order valence-electron chi connectivity index (χ2n) is 3.64. The van der Waals surface area contributed by atoms with Gasteiger partial charge in [-0.1, -0.05) is 20.8 Å². The van der Waals surface area contributed by atoms with Gasteiger partial charge in [0.15, 0.2) is 0 Å². The van der Waals surface area contributed by atoms with Gasteiger partial charge in [-0.3, -0.25) is 9.00 Å². The number of carbonyl (C=O) groups excluding carboxylic acids is 1. The molecule has 15 heavy (non-hydrogen) atoms. The molecule has 0 aromatic carbocycles. The fourth-order valence-corrected chi connectivity index (χ4v) is 1.63. The van der Waals surface area contributed by atoms with Gasteiger partial charge in [-0.05, 0) is 0 Å². The fourth-order valence-electron chi connectivity index (χ4n) is 1.01. The Balaban J connectivity index is 3.37. The first-order valence-electron chi connectivity index (χ1n) is 5.41. The molecule has 90 valence electrons. The molecule has 0 saturated carbocycles. The maximum Gasteiger partial charge on any atom is 0.221 e. The first kappa shape index (κ1) is 14.6. The molecule has 0 aromatic rings. The standard InChI is InChI=1S/C10H22N2O2S/c1-4-15(14)8-7-12-10(13)5-6-11-9(2)3/h9,11H,4-8H2,1-3H3,(H,12,13). The first-order valence-corrected chi connectivity index (χ1v) is 6.90. The van der Waals surface area contributed by atoms with Gasteiger partial charge >= 0.3 is 0 Å². The third-order valence-electron chi connectivity index (χ3n) is 1.88. The van der Waals surface area contributed by atoms with Gasteiger partial charge in [0, 0.05) is 47.9 Å². The Morgan fingerprint density at radius 1 is 1.33 bits per heavy atom. The quantitative estimate of drug-likeness (QED) is 0.633. The minimum Gasteiger partial charge on any atom is -0.355 e. The molecule has 4 nitrogen and oxygen atoms in total. The van der Waals surface area contributed by atoms with E-state index < -0.39 is 10.8 Å². The van der Waals surface area contributed by atoms with Crippen molar-refractivity contribution in [2.75, 3.05) is 24.6 Å². The Kier molecular flexibility index (Phi) is 8.61. The van der Waals surface area contributed by atoms with Gasteiger partial charge in [0.1, 0.15) is 0 Å². The molecule has 0 aliphatic carbocycles. The van der Waals surface area contributed by atoms with Crippen molar-refractivity contribution in [1.82, 2.24) is 10.6 Å². The summed E-state index contributed by atoms with van der Waals surface area (Å²) >= 11 is 0. The predicted molar refractivity (Wildman–Crippen MR) is 64.3 cm³/mol. The molecule has 0 fully saturated rings. The van der Waals surface area contributed by atoms with Crippen LogP contribution in [0.25, 0.3) is 0 Å². The smallest absolute Gasteiger partial charge is 0.221 e. The van der Waals surface area contributed by atoms with Crippen molar-refractivity contribution in [2.24, 2.45) is 0 Å². The molecular formula is C10H22N2O2S. The number of nitrogens with one attached hydrogen (secondary N) is 2. The highest BCUT2D eigenvalue weighted by Crippen LogP contribution is 1.83. The summed E-state index contributed by atoms with van der Waals surface area (Å²) in [5.74, 6) is 1.24. The van der Waals surface area contributed by atoms with Gasteiger partial charge in [0.25, 0.3) is 0 Å². The summed E-state index contributed by atoms with van der Waals surface area (Å²) in [6.07, 6.45) is 0.483. The Hall–Kier alpha value is -0.420. The van der Waals surface area contributed by atoms with Gasteiger partial charge in [-0.2, -0.15) is 0 Å². The second-order valence-corrected chi connectivity index (χ2v) is 5.51. The van der Waals surface area contributed by atoms with Crippen LogP contribution in [0.2, 0.25) is 0 Å². The average molecular weight is 234 g/mol. The summed E-state index contributed by atoms with van der Waals surface area (Å²) in [5.41, 5.74) is 0. The van der Waals surface area contributed by atoms with Crippen LogP contribution in [0.5, 0.6) is 0 Å². The second kappa shape index (κ2) is 8.85. The van der Waals surface area contributed by atoms with Crippen molar-refractivity contribution in [3.63, 3.8) is 0 Å². The lowest BCUT2D eigenvalue weighted by atomic mass is 10.3. The predicted octanol–water partition coefficient (Wildman–Crippen LogP) is 0.259. The van der Waals surface area contributed by atoms with Crippen molar-refractivity contribution < 1.29 is 9.00 Å². The zero-order valence-electron chi connectivity index (χ0n) is 9.84. The molecule has 5 heteroatoms. The van der Waals surface area contributed by atoms with Crippen molar-refractivity contribution in [3.8, 4) is 0 Å². The highest BCUT2D eigenvalue weighted by atomic mass is 32.2. The summed E-state index contributed by atoms with van der Waals surface area (Å²) in [6, 6.07) is 0.408. The maximum atomic E-state index is 11.2. The van der Waals surface area contributed by atoms with E-state index in [-0.39, 0.29) is 5.91 Å². The highest BCUT2D eigenvalue weighted by molar-refractivity contribution is 7.84. The molecule has 0 saturated heterocycles. The number of carbonyl (C=O) groups is 1. The van der Waals surface area contributed by atoms with E-state index in [1.807, 2.05) is 20.8 Å². The third-order valence-corrected chi connectivity index (χ3v) is 3.18. The Labute approximate surface area is 94.7 Å². The van der Waals surface area contributed by atoms with E-state index in [4.69, 9.17) is 0 Å².